The van der Waals surface area contributed by atoms with Crippen LogP contribution in [0.2, 0.25) is 0 Å². The van der Waals surface area contributed by atoms with Gasteiger partial charge in [-0.15, -0.1) is 22.9 Å². The van der Waals surface area contributed by atoms with Crippen LogP contribution < -0.4 is 0 Å². The van der Waals surface area contributed by atoms with Crippen LogP contribution in [0.4, 0.5) is 4.39 Å². The predicted octanol–water partition coefficient (Wildman–Crippen LogP) is 5.02. The Morgan fingerprint density at radius 3 is 2.86 bits per heavy atom. The molecule has 0 radical (unpaired) electrons. The number of rotatable bonds is 5. The normalized spacial score (nSPS) is 12.9. The van der Waals surface area contributed by atoms with Gasteiger partial charge in [-0.1, -0.05) is 19.1 Å². The molecule has 110 valence electrons. The average molecular weight is 323 g/mol. The Labute approximate surface area is 132 Å². The molecule has 0 aliphatic rings. The molecule has 1 aromatic carbocycles. The van der Waals surface area contributed by atoms with Gasteiger partial charge in [-0.25, -0.2) is 9.37 Å². The van der Waals surface area contributed by atoms with Gasteiger partial charge in [-0.2, -0.15) is 0 Å². The van der Waals surface area contributed by atoms with Gasteiger partial charge in [0.2, 0.25) is 0 Å². The van der Waals surface area contributed by atoms with Gasteiger partial charge in [-0.05, 0) is 30.0 Å². The number of imidazole rings is 1. The second kappa shape index (κ2) is 6.16. The molecule has 2 nitrogen and oxygen atoms in total. The molecule has 0 spiro atoms. The van der Waals surface area contributed by atoms with E-state index in [2.05, 4.69) is 27.9 Å². The monoisotopic (exact) mass is 322 g/mol. The summed E-state index contributed by atoms with van der Waals surface area (Å²) >= 11 is 7.62. The first-order valence-corrected chi connectivity index (χ1v) is 8.42. The highest BCUT2D eigenvalue weighted by Crippen LogP contribution is 2.32. The van der Waals surface area contributed by atoms with Crippen LogP contribution in [-0.2, 0) is 6.42 Å². The number of para-hydroxylation sites is 1. The molecular weight excluding hydrogens is 307 g/mol. The lowest BCUT2D eigenvalue weighted by Gasteiger charge is -2.19. The van der Waals surface area contributed by atoms with Crippen molar-refractivity contribution in [1.29, 1.82) is 0 Å². The van der Waals surface area contributed by atoms with E-state index in [4.69, 9.17) is 11.6 Å². The summed E-state index contributed by atoms with van der Waals surface area (Å²) in [6.45, 7) is 2.14. The van der Waals surface area contributed by atoms with Crippen molar-refractivity contribution >= 4 is 34.0 Å². The van der Waals surface area contributed by atoms with Gasteiger partial charge in [0.1, 0.15) is 11.3 Å². The molecular formula is C16H16ClFN2S. The maximum atomic E-state index is 14.0. The van der Waals surface area contributed by atoms with Crippen molar-refractivity contribution in [2.45, 2.75) is 25.8 Å². The van der Waals surface area contributed by atoms with Gasteiger partial charge in [0.15, 0.2) is 5.82 Å². The number of halogens is 2. The lowest BCUT2D eigenvalue weighted by Crippen LogP contribution is -2.12. The van der Waals surface area contributed by atoms with Gasteiger partial charge < -0.3 is 4.57 Å². The maximum Gasteiger partial charge on any atom is 0.151 e. The summed E-state index contributed by atoms with van der Waals surface area (Å²) in [7, 11) is 0. The zero-order valence-corrected chi connectivity index (χ0v) is 13.3. The quantitative estimate of drug-likeness (QED) is 0.603. The van der Waals surface area contributed by atoms with Crippen molar-refractivity contribution in [3.05, 3.63) is 52.2 Å². The minimum atomic E-state index is -0.275. The zero-order chi connectivity index (χ0) is 14.8. The number of hydrogen-bond acceptors (Lipinski definition) is 2. The first-order chi connectivity index (χ1) is 10.3. The fourth-order valence-corrected chi connectivity index (χ4v) is 3.80. The number of aromatic nitrogens is 2. The number of alkyl halides is 1. The molecule has 5 heteroatoms. The van der Waals surface area contributed by atoms with E-state index in [-0.39, 0.29) is 11.9 Å². The fraction of sp³-hybridized carbons (Fsp3) is 0.312. The third kappa shape index (κ3) is 2.58. The van der Waals surface area contributed by atoms with Crippen molar-refractivity contribution in [2.24, 2.45) is 0 Å². The lowest BCUT2D eigenvalue weighted by molar-refractivity contribution is 0.567. The van der Waals surface area contributed by atoms with E-state index in [0.29, 0.717) is 17.8 Å². The van der Waals surface area contributed by atoms with Gasteiger partial charge in [0, 0.05) is 17.2 Å². The first-order valence-electron chi connectivity index (χ1n) is 7.01. The van der Waals surface area contributed by atoms with E-state index >= 15 is 0 Å². The van der Waals surface area contributed by atoms with Crippen LogP contribution in [0.25, 0.3) is 11.0 Å². The molecule has 0 amide bonds. The van der Waals surface area contributed by atoms with Crippen LogP contribution in [0.3, 0.4) is 0 Å². The summed E-state index contributed by atoms with van der Waals surface area (Å²) in [4.78, 5) is 5.75. The largest absolute Gasteiger partial charge is 0.319 e. The summed E-state index contributed by atoms with van der Waals surface area (Å²) in [6.07, 6.45) is 1.56. The van der Waals surface area contributed by atoms with Crippen molar-refractivity contribution in [2.75, 3.05) is 5.88 Å². The summed E-state index contributed by atoms with van der Waals surface area (Å²) in [5, 5.41) is 2.07. The van der Waals surface area contributed by atoms with Crippen molar-refractivity contribution < 1.29 is 4.39 Å². The molecule has 0 fully saturated rings. The van der Waals surface area contributed by atoms with Gasteiger partial charge in [0.25, 0.3) is 0 Å². The molecule has 0 saturated carbocycles. The highest BCUT2D eigenvalue weighted by atomic mass is 35.5. The standard InChI is InChI=1S/C16H16ClFN2S/c1-2-12(14-7-4-10-21-14)20-13-6-3-5-11(18)16(13)19-15(20)8-9-17/h3-7,10,12H,2,8-9H2,1H3. The highest BCUT2D eigenvalue weighted by molar-refractivity contribution is 7.10. The Balaban J connectivity index is 2.23. The molecule has 3 aromatic rings. The minimum Gasteiger partial charge on any atom is -0.319 e. The molecule has 21 heavy (non-hydrogen) atoms. The van der Waals surface area contributed by atoms with E-state index in [9.17, 15) is 4.39 Å². The molecule has 0 N–H and O–H groups in total. The van der Waals surface area contributed by atoms with E-state index in [0.717, 1.165) is 17.8 Å². The van der Waals surface area contributed by atoms with Crippen molar-refractivity contribution in [3.8, 4) is 0 Å². The molecule has 0 aliphatic carbocycles. The Morgan fingerprint density at radius 1 is 1.33 bits per heavy atom. The zero-order valence-electron chi connectivity index (χ0n) is 11.7. The Hall–Kier alpha value is -1.39. The summed E-state index contributed by atoms with van der Waals surface area (Å²) in [6, 6.07) is 9.46. The van der Waals surface area contributed by atoms with E-state index in [1.807, 2.05) is 12.1 Å². The topological polar surface area (TPSA) is 17.8 Å². The molecule has 0 aliphatic heterocycles. The molecule has 1 atom stereocenters. The fourth-order valence-electron chi connectivity index (χ4n) is 2.73. The van der Waals surface area contributed by atoms with E-state index < -0.39 is 0 Å². The van der Waals surface area contributed by atoms with Crippen molar-refractivity contribution in [3.63, 3.8) is 0 Å². The van der Waals surface area contributed by atoms with Crippen LogP contribution in [0.15, 0.2) is 35.7 Å². The third-order valence-corrected chi connectivity index (χ3v) is 4.79. The lowest BCUT2D eigenvalue weighted by atomic mass is 10.1. The minimum absolute atomic E-state index is 0.176. The third-order valence-electron chi connectivity index (χ3n) is 3.63. The molecule has 2 aromatic heterocycles. The molecule has 1 unspecified atom stereocenters. The molecule has 3 rings (SSSR count). The van der Waals surface area contributed by atoms with Crippen LogP contribution in [-0.4, -0.2) is 15.4 Å². The van der Waals surface area contributed by atoms with E-state index in [1.54, 1.807) is 17.4 Å². The van der Waals surface area contributed by atoms with Gasteiger partial charge in [0.05, 0.1) is 11.6 Å². The first kappa shape index (κ1) is 14.5. The SMILES string of the molecule is CCC(c1cccs1)n1c(CCCl)nc2c(F)cccc21. The second-order valence-electron chi connectivity index (χ2n) is 4.88. The molecule has 2 heterocycles. The summed E-state index contributed by atoms with van der Waals surface area (Å²) < 4.78 is 16.2. The number of benzene rings is 1. The Kier molecular flexibility index (Phi) is 4.27. The average Bonchev–Trinajstić information content (AvgIpc) is 3.11. The van der Waals surface area contributed by atoms with Crippen LogP contribution >= 0.6 is 22.9 Å². The number of hydrogen-bond donors (Lipinski definition) is 0. The maximum absolute atomic E-state index is 14.0. The number of fused-ring (bicyclic) bond motifs is 1. The predicted molar refractivity (Wildman–Crippen MR) is 86.9 cm³/mol. The Morgan fingerprint density at radius 2 is 2.19 bits per heavy atom. The molecule has 0 saturated heterocycles. The number of aryl methyl sites for hydroxylation is 1. The summed E-state index contributed by atoms with van der Waals surface area (Å²) in [5.41, 5.74) is 1.28. The Bertz CT molecular complexity index is 736. The van der Waals surface area contributed by atoms with Crippen LogP contribution in [0.5, 0.6) is 0 Å². The molecule has 0 bridgehead atoms. The number of nitrogens with zero attached hydrogens (tertiary/aromatic N) is 2. The summed E-state index contributed by atoms with van der Waals surface area (Å²) in [5.74, 6) is 1.06. The van der Waals surface area contributed by atoms with Gasteiger partial charge in [-0.3, -0.25) is 0 Å². The van der Waals surface area contributed by atoms with Gasteiger partial charge >= 0.3 is 0 Å². The van der Waals surface area contributed by atoms with E-state index in [1.165, 1.54) is 10.9 Å². The van der Waals surface area contributed by atoms with Crippen LogP contribution in [0.1, 0.15) is 30.1 Å². The second-order valence-corrected chi connectivity index (χ2v) is 6.24. The van der Waals surface area contributed by atoms with Crippen LogP contribution in [0, 0.1) is 5.82 Å². The van der Waals surface area contributed by atoms with Crippen molar-refractivity contribution in [1.82, 2.24) is 9.55 Å². The highest BCUT2D eigenvalue weighted by Gasteiger charge is 2.21. The number of thiophene rings is 1. The smallest absolute Gasteiger partial charge is 0.151 e.